The van der Waals surface area contributed by atoms with E-state index in [1.165, 1.54) is 0 Å². The summed E-state index contributed by atoms with van der Waals surface area (Å²) in [5.74, 6) is 0.856. The summed E-state index contributed by atoms with van der Waals surface area (Å²) < 4.78 is 11.7. The summed E-state index contributed by atoms with van der Waals surface area (Å²) in [5, 5.41) is 0. The van der Waals surface area contributed by atoms with Crippen molar-refractivity contribution < 1.29 is 9.47 Å². The van der Waals surface area contributed by atoms with Crippen LogP contribution in [0.1, 0.15) is 24.9 Å². The second kappa shape index (κ2) is 6.89. The molecule has 2 N–H and O–H groups in total. The Balaban J connectivity index is 2.64. The third-order valence-electron chi connectivity index (χ3n) is 2.21. The van der Waals surface area contributed by atoms with E-state index in [1.54, 1.807) is 7.11 Å². The molecule has 0 radical (unpaired) electrons. The molecule has 0 saturated heterocycles. The van der Waals surface area contributed by atoms with Crippen LogP contribution < -0.4 is 10.5 Å². The highest BCUT2D eigenvalue weighted by Crippen LogP contribution is 2.27. The Morgan fingerprint density at radius 1 is 1.38 bits per heavy atom. The van der Waals surface area contributed by atoms with Gasteiger partial charge in [0.2, 0.25) is 0 Å². The Hall–Kier alpha value is -0.580. The van der Waals surface area contributed by atoms with Crippen molar-refractivity contribution >= 4 is 15.9 Å². The van der Waals surface area contributed by atoms with Crippen molar-refractivity contribution in [3.63, 3.8) is 0 Å². The molecular formula is C12H18BrNO2. The lowest BCUT2D eigenvalue weighted by molar-refractivity contribution is 0.171. The molecule has 3 nitrogen and oxygen atoms in total. The van der Waals surface area contributed by atoms with Crippen LogP contribution in [0.25, 0.3) is 0 Å². The average molecular weight is 288 g/mol. The summed E-state index contributed by atoms with van der Waals surface area (Å²) >= 11 is 3.43. The third kappa shape index (κ3) is 4.12. The Morgan fingerprint density at radius 2 is 2.12 bits per heavy atom. The Labute approximate surface area is 105 Å². The van der Waals surface area contributed by atoms with E-state index >= 15 is 0 Å². The van der Waals surface area contributed by atoms with Gasteiger partial charge in [-0.3, -0.25) is 0 Å². The second-order valence-corrected chi connectivity index (χ2v) is 4.58. The molecule has 0 fully saturated rings. The Morgan fingerprint density at radius 3 is 2.75 bits per heavy atom. The second-order valence-electron chi connectivity index (χ2n) is 3.67. The molecule has 0 aliphatic carbocycles. The highest BCUT2D eigenvalue weighted by atomic mass is 79.9. The van der Waals surface area contributed by atoms with E-state index < -0.39 is 0 Å². The number of rotatable bonds is 6. The van der Waals surface area contributed by atoms with Crippen LogP contribution in [0.5, 0.6) is 5.75 Å². The maximum atomic E-state index is 5.89. The van der Waals surface area contributed by atoms with Gasteiger partial charge >= 0.3 is 0 Å². The van der Waals surface area contributed by atoms with E-state index in [-0.39, 0.29) is 6.04 Å². The average Bonchev–Trinajstić information content (AvgIpc) is 2.26. The van der Waals surface area contributed by atoms with Crippen molar-refractivity contribution in [3.8, 4) is 5.75 Å². The number of hydrogen-bond donors (Lipinski definition) is 1. The van der Waals surface area contributed by atoms with Crippen LogP contribution in [-0.4, -0.2) is 20.3 Å². The van der Waals surface area contributed by atoms with Gasteiger partial charge in [-0.05, 0) is 25.1 Å². The molecule has 0 spiro atoms. The first-order valence-electron chi connectivity index (χ1n) is 5.32. The summed E-state index contributed by atoms with van der Waals surface area (Å²) in [7, 11) is 1.69. The van der Waals surface area contributed by atoms with Gasteiger partial charge < -0.3 is 15.2 Å². The summed E-state index contributed by atoms with van der Waals surface area (Å²) in [6.07, 6.45) is 0.880. The van der Waals surface area contributed by atoms with Gasteiger partial charge in [0.1, 0.15) is 5.75 Å². The summed E-state index contributed by atoms with van der Waals surface area (Å²) in [6.45, 7) is 3.31. The van der Waals surface area contributed by atoms with Gasteiger partial charge in [-0.1, -0.05) is 15.9 Å². The molecule has 0 amide bonds. The highest BCUT2D eigenvalue weighted by molar-refractivity contribution is 9.10. The molecule has 0 aromatic heterocycles. The van der Waals surface area contributed by atoms with Gasteiger partial charge in [0, 0.05) is 36.2 Å². The largest absolute Gasteiger partial charge is 0.493 e. The van der Waals surface area contributed by atoms with Gasteiger partial charge in [-0.2, -0.15) is 0 Å². The molecular weight excluding hydrogens is 270 g/mol. The molecule has 90 valence electrons. The minimum atomic E-state index is -0.0325. The monoisotopic (exact) mass is 287 g/mol. The zero-order chi connectivity index (χ0) is 12.0. The zero-order valence-corrected chi connectivity index (χ0v) is 11.3. The topological polar surface area (TPSA) is 44.5 Å². The number of nitrogens with two attached hydrogens (primary N) is 1. The molecule has 4 heteroatoms. The lowest BCUT2D eigenvalue weighted by atomic mass is 10.1. The van der Waals surface area contributed by atoms with Crippen LogP contribution in [-0.2, 0) is 4.74 Å². The van der Waals surface area contributed by atoms with Gasteiger partial charge in [0.15, 0.2) is 0 Å². The molecule has 0 saturated carbocycles. The van der Waals surface area contributed by atoms with Crippen LogP contribution in [0.4, 0.5) is 0 Å². The molecule has 1 aromatic rings. The summed E-state index contributed by atoms with van der Waals surface area (Å²) in [4.78, 5) is 0. The van der Waals surface area contributed by atoms with Gasteiger partial charge in [-0.25, -0.2) is 0 Å². The fourth-order valence-corrected chi connectivity index (χ4v) is 1.77. The quantitative estimate of drug-likeness (QED) is 0.819. The van der Waals surface area contributed by atoms with E-state index in [0.717, 1.165) is 22.2 Å². The van der Waals surface area contributed by atoms with E-state index in [2.05, 4.69) is 15.9 Å². The lowest BCUT2D eigenvalue weighted by Crippen LogP contribution is -2.09. The maximum Gasteiger partial charge on any atom is 0.124 e. The minimum Gasteiger partial charge on any atom is -0.493 e. The number of ether oxygens (including phenoxy) is 2. The molecule has 16 heavy (non-hydrogen) atoms. The van der Waals surface area contributed by atoms with E-state index in [4.69, 9.17) is 15.2 Å². The third-order valence-corrected chi connectivity index (χ3v) is 2.71. The summed E-state index contributed by atoms with van der Waals surface area (Å²) in [5.41, 5.74) is 6.91. The van der Waals surface area contributed by atoms with Crippen molar-refractivity contribution in [3.05, 3.63) is 28.2 Å². The predicted octanol–water partition coefficient (Wildman–Crippen LogP) is 2.88. The number of halogens is 1. The lowest BCUT2D eigenvalue weighted by Gasteiger charge is -2.14. The Bertz CT molecular complexity index is 329. The molecule has 0 heterocycles. The molecule has 1 rings (SSSR count). The van der Waals surface area contributed by atoms with Crippen LogP contribution in [0.15, 0.2) is 22.7 Å². The van der Waals surface area contributed by atoms with Gasteiger partial charge in [-0.15, -0.1) is 0 Å². The molecule has 0 aliphatic rings. The standard InChI is InChI=1S/C12H18BrNO2/c1-9(14)11-8-10(13)4-5-12(11)16-7-3-6-15-2/h4-5,8-9H,3,6-7,14H2,1-2H3. The molecule has 1 atom stereocenters. The highest BCUT2D eigenvalue weighted by Gasteiger charge is 2.08. The normalized spacial score (nSPS) is 12.5. The van der Waals surface area contributed by atoms with Crippen LogP contribution >= 0.6 is 15.9 Å². The maximum absolute atomic E-state index is 5.89. The van der Waals surface area contributed by atoms with Crippen molar-refractivity contribution in [2.75, 3.05) is 20.3 Å². The zero-order valence-electron chi connectivity index (χ0n) is 9.70. The molecule has 1 unspecified atom stereocenters. The van der Waals surface area contributed by atoms with Crippen molar-refractivity contribution in [1.29, 1.82) is 0 Å². The van der Waals surface area contributed by atoms with E-state index in [0.29, 0.717) is 13.2 Å². The van der Waals surface area contributed by atoms with Gasteiger partial charge in [0.25, 0.3) is 0 Å². The van der Waals surface area contributed by atoms with Crippen molar-refractivity contribution in [1.82, 2.24) is 0 Å². The molecule has 0 bridgehead atoms. The SMILES string of the molecule is COCCCOc1ccc(Br)cc1C(C)N. The Kier molecular flexibility index (Phi) is 5.80. The first-order chi connectivity index (χ1) is 7.65. The van der Waals surface area contributed by atoms with Crippen LogP contribution in [0, 0.1) is 0 Å². The predicted molar refractivity (Wildman–Crippen MR) is 68.7 cm³/mol. The number of hydrogen-bond acceptors (Lipinski definition) is 3. The number of methoxy groups -OCH3 is 1. The minimum absolute atomic E-state index is 0.0325. The fraction of sp³-hybridized carbons (Fsp3) is 0.500. The fourth-order valence-electron chi connectivity index (χ4n) is 1.39. The van der Waals surface area contributed by atoms with E-state index in [9.17, 15) is 0 Å². The number of benzene rings is 1. The summed E-state index contributed by atoms with van der Waals surface area (Å²) in [6, 6.07) is 5.86. The smallest absolute Gasteiger partial charge is 0.124 e. The van der Waals surface area contributed by atoms with Crippen LogP contribution in [0.3, 0.4) is 0 Å². The van der Waals surface area contributed by atoms with Crippen molar-refractivity contribution in [2.24, 2.45) is 5.73 Å². The first kappa shape index (κ1) is 13.5. The van der Waals surface area contributed by atoms with E-state index in [1.807, 2.05) is 25.1 Å². The molecule has 0 aliphatic heterocycles. The van der Waals surface area contributed by atoms with Crippen LogP contribution in [0.2, 0.25) is 0 Å². The van der Waals surface area contributed by atoms with Gasteiger partial charge in [0.05, 0.1) is 6.61 Å². The first-order valence-corrected chi connectivity index (χ1v) is 6.11. The van der Waals surface area contributed by atoms with Crippen molar-refractivity contribution in [2.45, 2.75) is 19.4 Å². The molecule has 1 aromatic carbocycles.